The highest BCUT2D eigenvalue weighted by Gasteiger charge is 2.21. The van der Waals surface area contributed by atoms with Crippen molar-refractivity contribution in [3.05, 3.63) is 68.3 Å². The molecule has 0 saturated carbocycles. The van der Waals surface area contributed by atoms with Crippen molar-refractivity contribution >= 4 is 27.5 Å². The van der Waals surface area contributed by atoms with E-state index in [1.807, 2.05) is 43.8 Å². The smallest absolute Gasteiger partial charge is 0.343 e. The average Bonchev–Trinajstić information content (AvgIpc) is 2.96. The second kappa shape index (κ2) is 8.06. The number of esters is 1. The van der Waals surface area contributed by atoms with Gasteiger partial charge in [0, 0.05) is 31.2 Å². The Hall–Kier alpha value is -2.44. The van der Waals surface area contributed by atoms with Crippen molar-refractivity contribution in [2.75, 3.05) is 13.7 Å². The third kappa shape index (κ3) is 3.96. The Morgan fingerprint density at radius 3 is 2.59 bits per heavy atom. The van der Waals surface area contributed by atoms with Crippen LogP contribution in [0.15, 0.2) is 41.3 Å². The number of carbonyl (C=O) groups is 1. The van der Waals surface area contributed by atoms with Crippen LogP contribution in [-0.4, -0.2) is 29.1 Å². The molecule has 0 saturated heterocycles. The van der Waals surface area contributed by atoms with E-state index in [1.54, 1.807) is 24.5 Å². The zero-order valence-corrected chi connectivity index (χ0v) is 16.9. The van der Waals surface area contributed by atoms with E-state index in [-0.39, 0.29) is 17.6 Å². The van der Waals surface area contributed by atoms with Crippen molar-refractivity contribution in [2.45, 2.75) is 26.9 Å². The number of fused-ring (bicyclic) bond motifs is 1. The van der Waals surface area contributed by atoms with Crippen molar-refractivity contribution in [2.24, 2.45) is 7.05 Å². The second-order valence-electron chi connectivity index (χ2n) is 6.68. The minimum absolute atomic E-state index is 0.0941. The van der Waals surface area contributed by atoms with Crippen LogP contribution in [-0.2, 0) is 24.9 Å². The van der Waals surface area contributed by atoms with Crippen molar-refractivity contribution in [1.29, 1.82) is 0 Å². The number of rotatable bonds is 6. The Bertz CT molecular complexity index is 1020. The minimum atomic E-state index is -0.563. The van der Waals surface area contributed by atoms with E-state index >= 15 is 0 Å². The second-order valence-corrected chi connectivity index (χ2v) is 7.88. The van der Waals surface area contributed by atoms with Crippen LogP contribution in [0.2, 0.25) is 0 Å². The molecule has 5 nitrogen and oxygen atoms in total. The summed E-state index contributed by atoms with van der Waals surface area (Å²) in [5, 5.41) is 0.630. The van der Waals surface area contributed by atoms with E-state index in [1.165, 1.54) is 5.56 Å². The van der Waals surface area contributed by atoms with Gasteiger partial charge in [-0.25, -0.2) is 4.79 Å². The number of ether oxygens (including phenoxy) is 1. The highest BCUT2D eigenvalue weighted by Crippen LogP contribution is 2.30. The van der Waals surface area contributed by atoms with E-state index in [0.717, 1.165) is 21.8 Å². The van der Waals surface area contributed by atoms with Gasteiger partial charge in [-0.05, 0) is 32.0 Å². The predicted octanol–water partition coefficient (Wildman–Crippen LogP) is 3.72. The molecular formula is C21H24N2O3S. The third-order valence-electron chi connectivity index (χ3n) is 4.52. The molecule has 0 amide bonds. The van der Waals surface area contributed by atoms with Gasteiger partial charge in [0.25, 0.3) is 0 Å². The number of aromatic nitrogens is 1. The SMILES string of the molecule is CCOC(=O)c1cn(C)c2sc(C)c(CN(C)Cc3ccccc3)c2c1=O. The van der Waals surface area contributed by atoms with E-state index in [4.69, 9.17) is 4.74 Å². The Balaban J connectivity index is 2.01. The van der Waals surface area contributed by atoms with Crippen LogP contribution in [0.25, 0.3) is 10.2 Å². The van der Waals surface area contributed by atoms with Gasteiger partial charge in [-0.3, -0.25) is 9.69 Å². The predicted molar refractivity (Wildman–Crippen MR) is 109 cm³/mol. The quantitative estimate of drug-likeness (QED) is 0.608. The van der Waals surface area contributed by atoms with Crippen LogP contribution >= 0.6 is 11.3 Å². The van der Waals surface area contributed by atoms with Crippen LogP contribution in [0.3, 0.4) is 0 Å². The molecule has 0 atom stereocenters. The fourth-order valence-electron chi connectivity index (χ4n) is 3.26. The average molecular weight is 385 g/mol. The summed E-state index contributed by atoms with van der Waals surface area (Å²) < 4.78 is 6.91. The number of thiophene rings is 1. The van der Waals surface area contributed by atoms with E-state index < -0.39 is 5.97 Å². The number of hydrogen-bond acceptors (Lipinski definition) is 5. The molecule has 0 fully saturated rings. The van der Waals surface area contributed by atoms with Gasteiger partial charge < -0.3 is 9.30 Å². The molecule has 0 radical (unpaired) electrons. The molecule has 3 rings (SSSR count). The maximum atomic E-state index is 13.0. The van der Waals surface area contributed by atoms with Crippen LogP contribution in [0, 0.1) is 6.92 Å². The summed E-state index contributed by atoms with van der Waals surface area (Å²) in [5.41, 5.74) is 2.06. The molecular weight excluding hydrogens is 360 g/mol. The highest BCUT2D eigenvalue weighted by atomic mass is 32.1. The van der Waals surface area contributed by atoms with E-state index in [2.05, 4.69) is 17.0 Å². The summed E-state index contributed by atoms with van der Waals surface area (Å²) in [5.74, 6) is -0.563. The summed E-state index contributed by atoms with van der Waals surface area (Å²) in [6.07, 6.45) is 1.58. The summed E-state index contributed by atoms with van der Waals surface area (Å²) in [6.45, 7) is 5.44. The van der Waals surface area contributed by atoms with Crippen LogP contribution in [0.4, 0.5) is 0 Å². The first-order chi connectivity index (χ1) is 12.9. The fourth-order valence-corrected chi connectivity index (χ4v) is 4.35. The summed E-state index contributed by atoms with van der Waals surface area (Å²) in [4.78, 5) is 29.4. The Morgan fingerprint density at radius 2 is 1.93 bits per heavy atom. The minimum Gasteiger partial charge on any atom is -0.462 e. The lowest BCUT2D eigenvalue weighted by atomic mass is 10.1. The van der Waals surface area contributed by atoms with Crippen molar-refractivity contribution in [3.8, 4) is 0 Å². The van der Waals surface area contributed by atoms with Crippen molar-refractivity contribution < 1.29 is 9.53 Å². The van der Waals surface area contributed by atoms with Gasteiger partial charge in [0.1, 0.15) is 10.4 Å². The Labute approximate surface area is 162 Å². The molecule has 0 bridgehead atoms. The van der Waals surface area contributed by atoms with Gasteiger partial charge in [-0.1, -0.05) is 30.3 Å². The molecule has 0 aliphatic heterocycles. The Kier molecular flexibility index (Phi) is 5.77. The number of aryl methyl sites for hydroxylation is 2. The summed E-state index contributed by atoms with van der Waals surface area (Å²) in [7, 11) is 3.90. The van der Waals surface area contributed by atoms with E-state index in [9.17, 15) is 9.59 Å². The van der Waals surface area contributed by atoms with Crippen LogP contribution < -0.4 is 5.43 Å². The summed E-state index contributed by atoms with van der Waals surface area (Å²) in [6, 6.07) is 10.2. The van der Waals surface area contributed by atoms with E-state index in [0.29, 0.717) is 11.9 Å². The lowest BCUT2D eigenvalue weighted by Gasteiger charge is -2.17. The number of benzene rings is 1. The number of hydrogen-bond donors (Lipinski definition) is 0. The largest absolute Gasteiger partial charge is 0.462 e. The number of carbonyl (C=O) groups excluding carboxylic acids is 1. The maximum Gasteiger partial charge on any atom is 0.343 e. The summed E-state index contributed by atoms with van der Waals surface area (Å²) >= 11 is 1.59. The molecule has 0 aliphatic rings. The molecule has 0 aliphatic carbocycles. The molecule has 0 unspecified atom stereocenters. The van der Waals surface area contributed by atoms with Gasteiger partial charge in [0.05, 0.1) is 12.0 Å². The maximum absolute atomic E-state index is 13.0. The lowest BCUT2D eigenvalue weighted by Crippen LogP contribution is -2.22. The first kappa shape index (κ1) is 19.3. The van der Waals surface area contributed by atoms with Gasteiger partial charge in [0.15, 0.2) is 0 Å². The topological polar surface area (TPSA) is 51.5 Å². The zero-order chi connectivity index (χ0) is 19.6. The number of nitrogens with zero attached hydrogens (tertiary/aromatic N) is 2. The van der Waals surface area contributed by atoms with Crippen molar-refractivity contribution in [3.63, 3.8) is 0 Å². The third-order valence-corrected chi connectivity index (χ3v) is 5.76. The monoisotopic (exact) mass is 384 g/mol. The number of pyridine rings is 1. The molecule has 6 heteroatoms. The highest BCUT2D eigenvalue weighted by molar-refractivity contribution is 7.18. The normalized spacial score (nSPS) is 11.3. The molecule has 3 aromatic rings. The van der Waals surface area contributed by atoms with Gasteiger partial charge in [-0.15, -0.1) is 11.3 Å². The molecule has 0 spiro atoms. The first-order valence-corrected chi connectivity index (χ1v) is 9.75. The van der Waals surface area contributed by atoms with Gasteiger partial charge >= 0.3 is 5.97 Å². The first-order valence-electron chi connectivity index (χ1n) is 8.93. The molecule has 142 valence electrons. The molecule has 0 N–H and O–H groups in total. The van der Waals surface area contributed by atoms with Gasteiger partial charge in [-0.2, -0.15) is 0 Å². The van der Waals surface area contributed by atoms with Gasteiger partial charge in [0.2, 0.25) is 5.43 Å². The van der Waals surface area contributed by atoms with Crippen LogP contribution in [0.5, 0.6) is 0 Å². The van der Waals surface area contributed by atoms with Crippen LogP contribution in [0.1, 0.15) is 33.3 Å². The standard InChI is InChI=1S/C21H24N2O3S/c1-5-26-21(25)17-13-23(4)20-18(19(17)24)16(14(2)27-20)12-22(3)11-15-9-7-6-8-10-15/h6-10,13H,5,11-12H2,1-4H3. The molecule has 2 aromatic heterocycles. The fraction of sp³-hybridized carbons (Fsp3) is 0.333. The molecule has 27 heavy (non-hydrogen) atoms. The molecule has 2 heterocycles. The lowest BCUT2D eigenvalue weighted by molar-refractivity contribution is 0.0524. The molecule has 1 aromatic carbocycles. The zero-order valence-electron chi connectivity index (χ0n) is 16.1. The Morgan fingerprint density at radius 1 is 1.22 bits per heavy atom. The van der Waals surface area contributed by atoms with Crippen molar-refractivity contribution in [1.82, 2.24) is 9.47 Å².